The van der Waals surface area contributed by atoms with Gasteiger partial charge in [-0.1, -0.05) is 43.2 Å². The standard InChI is InChI=1S/C19H23N7O4S/c1-30-14-7-5-13(6-8-14)11-25-18(21-23-24-25)31-12-15(27)22-26-16(28)19(20-17(26)29)9-3-2-4-10-19/h5-8H,2-4,9-12H2,1H3,(H,20,29)(H,22,27). The molecule has 12 heteroatoms. The first-order valence-corrected chi connectivity index (χ1v) is 11.0. The summed E-state index contributed by atoms with van der Waals surface area (Å²) in [4.78, 5) is 37.4. The molecule has 4 rings (SSSR count). The van der Waals surface area contributed by atoms with Crippen LogP contribution in [0.2, 0.25) is 0 Å². The van der Waals surface area contributed by atoms with Crippen molar-refractivity contribution in [1.82, 2.24) is 36.0 Å². The Kier molecular flexibility index (Phi) is 6.07. The SMILES string of the molecule is COc1ccc(Cn2nnnc2SCC(=O)NN2C(=O)NC3(CCCCC3)C2=O)cc1. The fourth-order valence-electron chi connectivity index (χ4n) is 3.81. The summed E-state index contributed by atoms with van der Waals surface area (Å²) in [5, 5.41) is 15.6. The van der Waals surface area contributed by atoms with Gasteiger partial charge in [0.15, 0.2) is 0 Å². The molecule has 2 aromatic rings. The summed E-state index contributed by atoms with van der Waals surface area (Å²) in [7, 11) is 1.60. The minimum absolute atomic E-state index is 0.0486. The number of imide groups is 1. The maximum Gasteiger partial charge on any atom is 0.344 e. The Labute approximate surface area is 182 Å². The highest BCUT2D eigenvalue weighted by molar-refractivity contribution is 7.99. The lowest BCUT2D eigenvalue weighted by Crippen LogP contribution is -2.51. The summed E-state index contributed by atoms with van der Waals surface area (Å²) in [6.45, 7) is 0.427. The van der Waals surface area contributed by atoms with Gasteiger partial charge in [-0.3, -0.25) is 15.0 Å². The molecule has 0 atom stereocenters. The van der Waals surface area contributed by atoms with Crippen molar-refractivity contribution in [2.45, 2.75) is 49.3 Å². The van der Waals surface area contributed by atoms with Gasteiger partial charge >= 0.3 is 6.03 Å². The summed E-state index contributed by atoms with van der Waals surface area (Å²) in [6.07, 6.45) is 3.98. The van der Waals surface area contributed by atoms with Gasteiger partial charge < -0.3 is 10.1 Å². The van der Waals surface area contributed by atoms with E-state index in [1.54, 1.807) is 11.8 Å². The quantitative estimate of drug-likeness (QED) is 0.479. The van der Waals surface area contributed by atoms with Gasteiger partial charge in [-0.15, -0.1) is 5.10 Å². The van der Waals surface area contributed by atoms with E-state index < -0.39 is 17.5 Å². The summed E-state index contributed by atoms with van der Waals surface area (Å²) < 4.78 is 6.72. The van der Waals surface area contributed by atoms with Crippen LogP contribution in [0.4, 0.5) is 4.79 Å². The van der Waals surface area contributed by atoms with E-state index in [0.717, 1.165) is 47.3 Å². The van der Waals surface area contributed by atoms with Crippen LogP contribution in [0.5, 0.6) is 5.75 Å². The molecule has 1 saturated carbocycles. The number of thioether (sulfide) groups is 1. The van der Waals surface area contributed by atoms with Crippen molar-refractivity contribution in [1.29, 1.82) is 0 Å². The number of urea groups is 1. The van der Waals surface area contributed by atoms with Crippen LogP contribution in [-0.2, 0) is 16.1 Å². The monoisotopic (exact) mass is 445 g/mol. The third-order valence-electron chi connectivity index (χ3n) is 5.43. The van der Waals surface area contributed by atoms with E-state index in [0.29, 0.717) is 24.5 Å². The average Bonchev–Trinajstić information content (AvgIpc) is 3.31. The van der Waals surface area contributed by atoms with Crippen molar-refractivity contribution in [2.24, 2.45) is 0 Å². The van der Waals surface area contributed by atoms with E-state index in [2.05, 4.69) is 26.3 Å². The first kappa shape index (κ1) is 21.1. The topological polar surface area (TPSA) is 131 Å². The van der Waals surface area contributed by atoms with E-state index >= 15 is 0 Å². The van der Waals surface area contributed by atoms with Crippen molar-refractivity contribution in [3.05, 3.63) is 29.8 Å². The summed E-state index contributed by atoms with van der Waals surface area (Å²) in [6, 6.07) is 6.91. The highest BCUT2D eigenvalue weighted by atomic mass is 32.2. The number of carbonyl (C=O) groups excluding carboxylic acids is 3. The first-order valence-electron chi connectivity index (χ1n) is 9.99. The number of nitrogens with one attached hydrogen (secondary N) is 2. The molecule has 11 nitrogen and oxygen atoms in total. The number of tetrazole rings is 1. The van der Waals surface area contributed by atoms with Crippen molar-refractivity contribution in [3.8, 4) is 5.75 Å². The minimum Gasteiger partial charge on any atom is -0.497 e. The van der Waals surface area contributed by atoms with Crippen LogP contribution in [0.1, 0.15) is 37.7 Å². The highest BCUT2D eigenvalue weighted by Crippen LogP contribution is 2.33. The molecule has 2 aliphatic rings. The lowest BCUT2D eigenvalue weighted by molar-refractivity contribution is -0.139. The number of methoxy groups -OCH3 is 1. The van der Waals surface area contributed by atoms with Crippen LogP contribution in [0.25, 0.3) is 0 Å². The zero-order valence-corrected chi connectivity index (χ0v) is 17.9. The maximum atomic E-state index is 12.7. The number of hydrazine groups is 1. The third-order valence-corrected chi connectivity index (χ3v) is 6.39. The Balaban J connectivity index is 1.33. The van der Waals surface area contributed by atoms with Crippen LogP contribution >= 0.6 is 11.8 Å². The minimum atomic E-state index is -0.877. The van der Waals surface area contributed by atoms with Crippen LogP contribution in [-0.4, -0.2) is 61.5 Å². The van der Waals surface area contributed by atoms with Crippen LogP contribution in [0, 0.1) is 0 Å². The zero-order valence-electron chi connectivity index (χ0n) is 17.0. The van der Waals surface area contributed by atoms with Gasteiger partial charge in [-0.05, 0) is 41.0 Å². The molecule has 2 fully saturated rings. The predicted molar refractivity (Wildman–Crippen MR) is 110 cm³/mol. The van der Waals surface area contributed by atoms with Gasteiger partial charge in [0, 0.05) is 0 Å². The molecule has 1 aliphatic heterocycles. The molecule has 1 aromatic carbocycles. The molecule has 2 N–H and O–H groups in total. The number of rotatable bonds is 7. The molecule has 1 saturated heterocycles. The van der Waals surface area contributed by atoms with Crippen LogP contribution in [0.3, 0.4) is 0 Å². The number of hydrogen-bond donors (Lipinski definition) is 2. The average molecular weight is 446 g/mol. The third kappa shape index (κ3) is 4.48. The number of carbonyl (C=O) groups is 3. The van der Waals surface area contributed by atoms with Crippen molar-refractivity contribution in [2.75, 3.05) is 12.9 Å². The Morgan fingerprint density at radius 1 is 1.23 bits per heavy atom. The molecule has 0 bridgehead atoms. The van der Waals surface area contributed by atoms with E-state index in [1.807, 2.05) is 24.3 Å². The highest BCUT2D eigenvalue weighted by Gasteiger charge is 2.52. The number of ether oxygens (including phenoxy) is 1. The van der Waals surface area contributed by atoms with Gasteiger partial charge in [-0.25, -0.2) is 9.48 Å². The summed E-state index contributed by atoms with van der Waals surface area (Å²) >= 11 is 1.12. The molecule has 31 heavy (non-hydrogen) atoms. The molecule has 4 amide bonds. The lowest BCUT2D eigenvalue weighted by atomic mass is 9.82. The number of hydrogen-bond acceptors (Lipinski definition) is 8. The van der Waals surface area contributed by atoms with E-state index in [-0.39, 0.29) is 11.7 Å². The maximum absolute atomic E-state index is 12.7. The molecule has 2 heterocycles. The summed E-state index contributed by atoms with van der Waals surface area (Å²) in [5.41, 5.74) is 2.51. The second-order valence-corrected chi connectivity index (χ2v) is 8.45. The van der Waals surface area contributed by atoms with Crippen molar-refractivity contribution < 1.29 is 19.1 Å². The van der Waals surface area contributed by atoms with E-state index in [9.17, 15) is 14.4 Å². The Morgan fingerprint density at radius 3 is 2.68 bits per heavy atom. The predicted octanol–water partition coefficient (Wildman–Crippen LogP) is 1.11. The fourth-order valence-corrected chi connectivity index (χ4v) is 4.48. The van der Waals surface area contributed by atoms with Crippen molar-refractivity contribution >= 4 is 29.6 Å². The molecule has 1 aromatic heterocycles. The largest absolute Gasteiger partial charge is 0.497 e. The van der Waals surface area contributed by atoms with E-state index in [1.165, 1.54) is 0 Å². The van der Waals surface area contributed by atoms with Gasteiger partial charge in [0.2, 0.25) is 11.1 Å². The number of aromatic nitrogens is 4. The van der Waals surface area contributed by atoms with Crippen LogP contribution < -0.4 is 15.5 Å². The Morgan fingerprint density at radius 2 is 1.97 bits per heavy atom. The molecule has 1 aliphatic carbocycles. The second-order valence-electron chi connectivity index (χ2n) is 7.50. The van der Waals surface area contributed by atoms with Gasteiger partial charge in [0.1, 0.15) is 11.3 Å². The Hall–Kier alpha value is -3.15. The van der Waals surface area contributed by atoms with E-state index in [4.69, 9.17) is 4.74 Å². The number of benzene rings is 1. The van der Waals surface area contributed by atoms with Crippen LogP contribution in [0.15, 0.2) is 29.4 Å². The Bertz CT molecular complexity index is 972. The lowest BCUT2D eigenvalue weighted by Gasteiger charge is -2.30. The number of nitrogens with zero attached hydrogens (tertiary/aromatic N) is 5. The fraction of sp³-hybridized carbons (Fsp3) is 0.474. The molecular weight excluding hydrogens is 422 g/mol. The first-order chi connectivity index (χ1) is 15.0. The zero-order chi connectivity index (χ0) is 21.8. The normalized spacial score (nSPS) is 17.6. The van der Waals surface area contributed by atoms with Gasteiger partial charge in [0.25, 0.3) is 5.91 Å². The van der Waals surface area contributed by atoms with Gasteiger partial charge in [0.05, 0.1) is 19.4 Å². The van der Waals surface area contributed by atoms with Gasteiger partial charge in [-0.2, -0.15) is 5.01 Å². The molecular formula is C19H23N7O4S. The second kappa shape index (κ2) is 8.92. The molecule has 164 valence electrons. The molecule has 1 spiro atoms. The summed E-state index contributed by atoms with van der Waals surface area (Å²) in [5.74, 6) is -0.171. The van der Waals surface area contributed by atoms with Crippen molar-refractivity contribution in [3.63, 3.8) is 0 Å². The molecule has 0 radical (unpaired) electrons. The number of amides is 4. The smallest absolute Gasteiger partial charge is 0.344 e. The molecule has 0 unspecified atom stereocenters.